The van der Waals surface area contributed by atoms with Crippen molar-refractivity contribution in [3.63, 3.8) is 0 Å². The van der Waals surface area contributed by atoms with Crippen LogP contribution in [0.1, 0.15) is 25.5 Å². The number of aryl methyl sites for hydroxylation is 1. The molecule has 0 spiro atoms. The second kappa shape index (κ2) is 4.25. The summed E-state index contributed by atoms with van der Waals surface area (Å²) in [6, 6.07) is 0. The lowest BCUT2D eigenvalue weighted by atomic mass is 10.3. The normalized spacial score (nSPS) is 10.8. The topological polar surface area (TPSA) is 66.5 Å². The summed E-state index contributed by atoms with van der Waals surface area (Å²) in [7, 11) is 0. The number of anilines is 1. The molecule has 0 bridgehead atoms. The lowest BCUT2D eigenvalue weighted by Gasteiger charge is -2.03. The SMILES string of the molecule is CCCCNc1ncnc2c(C)[nH]nc12. The van der Waals surface area contributed by atoms with Gasteiger partial charge in [-0.15, -0.1) is 0 Å². The zero-order valence-electron chi connectivity index (χ0n) is 9.04. The van der Waals surface area contributed by atoms with Gasteiger partial charge in [0.05, 0.1) is 5.69 Å². The van der Waals surface area contributed by atoms with Gasteiger partial charge in [0.1, 0.15) is 11.8 Å². The molecule has 0 aromatic carbocycles. The Morgan fingerprint density at radius 1 is 1.33 bits per heavy atom. The number of nitrogens with zero attached hydrogens (tertiary/aromatic N) is 3. The molecule has 0 radical (unpaired) electrons. The quantitative estimate of drug-likeness (QED) is 0.748. The van der Waals surface area contributed by atoms with Crippen molar-refractivity contribution in [1.82, 2.24) is 20.2 Å². The minimum Gasteiger partial charge on any atom is -0.368 e. The van der Waals surface area contributed by atoms with Crippen molar-refractivity contribution in [3.8, 4) is 0 Å². The highest BCUT2D eigenvalue weighted by atomic mass is 15.2. The van der Waals surface area contributed by atoms with Gasteiger partial charge in [-0.05, 0) is 13.3 Å². The maximum atomic E-state index is 4.19. The Bertz CT molecular complexity index is 448. The van der Waals surface area contributed by atoms with E-state index < -0.39 is 0 Å². The molecule has 0 unspecified atom stereocenters. The number of aromatic nitrogens is 4. The van der Waals surface area contributed by atoms with Gasteiger partial charge in [0.2, 0.25) is 0 Å². The van der Waals surface area contributed by atoms with Crippen LogP contribution in [0.2, 0.25) is 0 Å². The molecule has 0 atom stereocenters. The first kappa shape index (κ1) is 9.89. The minimum atomic E-state index is 0.817. The molecule has 5 nitrogen and oxygen atoms in total. The van der Waals surface area contributed by atoms with Crippen molar-refractivity contribution in [2.75, 3.05) is 11.9 Å². The Morgan fingerprint density at radius 2 is 2.20 bits per heavy atom. The molecule has 0 amide bonds. The van der Waals surface area contributed by atoms with Crippen molar-refractivity contribution < 1.29 is 0 Å². The van der Waals surface area contributed by atoms with E-state index in [0.717, 1.165) is 35.5 Å². The average Bonchev–Trinajstić information content (AvgIpc) is 2.62. The number of hydrogen-bond donors (Lipinski definition) is 2. The first-order valence-corrected chi connectivity index (χ1v) is 5.22. The lowest BCUT2D eigenvalue weighted by Crippen LogP contribution is -2.03. The van der Waals surface area contributed by atoms with E-state index in [0.29, 0.717) is 0 Å². The van der Waals surface area contributed by atoms with E-state index >= 15 is 0 Å². The van der Waals surface area contributed by atoms with E-state index in [1.807, 2.05) is 6.92 Å². The van der Waals surface area contributed by atoms with Gasteiger partial charge < -0.3 is 5.32 Å². The van der Waals surface area contributed by atoms with E-state index in [9.17, 15) is 0 Å². The summed E-state index contributed by atoms with van der Waals surface area (Å²) in [5, 5.41) is 10.4. The number of nitrogens with one attached hydrogen (secondary N) is 2. The molecule has 2 aromatic heterocycles. The van der Waals surface area contributed by atoms with Gasteiger partial charge in [0, 0.05) is 6.54 Å². The Hall–Kier alpha value is -1.65. The Morgan fingerprint density at radius 3 is 3.00 bits per heavy atom. The molecule has 0 aliphatic carbocycles. The number of rotatable bonds is 4. The van der Waals surface area contributed by atoms with Crippen LogP contribution in [-0.4, -0.2) is 26.7 Å². The van der Waals surface area contributed by atoms with Gasteiger partial charge in [0.25, 0.3) is 0 Å². The van der Waals surface area contributed by atoms with Gasteiger partial charge >= 0.3 is 0 Å². The van der Waals surface area contributed by atoms with Crippen LogP contribution in [0.5, 0.6) is 0 Å². The van der Waals surface area contributed by atoms with Crippen molar-refractivity contribution in [3.05, 3.63) is 12.0 Å². The van der Waals surface area contributed by atoms with Crippen LogP contribution < -0.4 is 5.32 Å². The second-order valence-corrected chi connectivity index (χ2v) is 3.55. The fraction of sp³-hybridized carbons (Fsp3) is 0.500. The van der Waals surface area contributed by atoms with E-state index in [1.165, 1.54) is 6.42 Å². The van der Waals surface area contributed by atoms with E-state index in [1.54, 1.807) is 6.33 Å². The third-order valence-corrected chi connectivity index (χ3v) is 2.34. The zero-order chi connectivity index (χ0) is 10.7. The third kappa shape index (κ3) is 1.91. The molecular weight excluding hydrogens is 190 g/mol. The molecule has 0 aliphatic rings. The van der Waals surface area contributed by atoms with E-state index in [2.05, 4.69) is 32.4 Å². The Balaban J connectivity index is 2.26. The van der Waals surface area contributed by atoms with E-state index in [4.69, 9.17) is 0 Å². The molecule has 0 saturated heterocycles. The highest BCUT2D eigenvalue weighted by molar-refractivity contribution is 5.86. The summed E-state index contributed by atoms with van der Waals surface area (Å²) < 4.78 is 0. The molecule has 2 heterocycles. The van der Waals surface area contributed by atoms with Crippen molar-refractivity contribution in [1.29, 1.82) is 0 Å². The summed E-state index contributed by atoms with van der Waals surface area (Å²) in [4.78, 5) is 8.37. The standard InChI is InChI=1S/C10H15N5/c1-3-4-5-11-10-9-8(12-6-13-10)7(2)14-15-9/h6H,3-5H2,1-2H3,(H,14,15)(H,11,12,13). The number of fused-ring (bicyclic) bond motifs is 1. The predicted molar refractivity (Wildman–Crippen MR) is 59.8 cm³/mol. The fourth-order valence-electron chi connectivity index (χ4n) is 1.46. The number of aromatic amines is 1. The summed E-state index contributed by atoms with van der Waals surface area (Å²) >= 11 is 0. The molecule has 15 heavy (non-hydrogen) atoms. The van der Waals surface area contributed by atoms with Crippen molar-refractivity contribution >= 4 is 16.9 Å². The van der Waals surface area contributed by atoms with Crippen LogP contribution in [0.3, 0.4) is 0 Å². The van der Waals surface area contributed by atoms with Crippen molar-refractivity contribution in [2.45, 2.75) is 26.7 Å². The van der Waals surface area contributed by atoms with E-state index in [-0.39, 0.29) is 0 Å². The monoisotopic (exact) mass is 205 g/mol. The largest absolute Gasteiger partial charge is 0.368 e. The molecule has 0 aliphatic heterocycles. The van der Waals surface area contributed by atoms with Crippen LogP contribution in [0.25, 0.3) is 11.0 Å². The molecule has 0 fully saturated rings. The fourth-order valence-corrected chi connectivity index (χ4v) is 1.46. The van der Waals surface area contributed by atoms with Gasteiger partial charge in [-0.1, -0.05) is 13.3 Å². The summed E-state index contributed by atoms with van der Waals surface area (Å²) in [6.07, 6.45) is 3.87. The number of unbranched alkanes of at least 4 members (excludes halogenated alkanes) is 1. The highest BCUT2D eigenvalue weighted by Crippen LogP contribution is 2.18. The smallest absolute Gasteiger partial charge is 0.157 e. The third-order valence-electron chi connectivity index (χ3n) is 2.34. The minimum absolute atomic E-state index is 0.817. The van der Waals surface area contributed by atoms with Gasteiger partial charge in [-0.3, -0.25) is 5.10 Å². The van der Waals surface area contributed by atoms with Crippen LogP contribution >= 0.6 is 0 Å². The predicted octanol–water partition coefficient (Wildman–Crippen LogP) is 1.87. The average molecular weight is 205 g/mol. The Kier molecular flexibility index (Phi) is 2.80. The molecule has 80 valence electrons. The van der Waals surface area contributed by atoms with Gasteiger partial charge in [0.15, 0.2) is 11.3 Å². The second-order valence-electron chi connectivity index (χ2n) is 3.55. The molecule has 5 heteroatoms. The molecular formula is C10H15N5. The number of hydrogen-bond acceptors (Lipinski definition) is 4. The highest BCUT2D eigenvalue weighted by Gasteiger charge is 2.07. The molecule has 2 aromatic rings. The molecule has 2 rings (SSSR count). The first-order valence-electron chi connectivity index (χ1n) is 5.22. The molecule has 0 saturated carbocycles. The first-order chi connectivity index (χ1) is 7.33. The van der Waals surface area contributed by atoms with Crippen molar-refractivity contribution in [2.24, 2.45) is 0 Å². The summed E-state index contributed by atoms with van der Waals surface area (Å²) in [6.45, 7) is 5.04. The maximum absolute atomic E-state index is 4.19. The van der Waals surface area contributed by atoms with Crippen LogP contribution in [-0.2, 0) is 0 Å². The zero-order valence-corrected chi connectivity index (χ0v) is 9.04. The number of H-pyrrole nitrogens is 1. The van der Waals surface area contributed by atoms with Crippen LogP contribution in [0.15, 0.2) is 6.33 Å². The lowest BCUT2D eigenvalue weighted by molar-refractivity contribution is 0.831. The maximum Gasteiger partial charge on any atom is 0.157 e. The Labute approximate surface area is 88.3 Å². The molecule has 2 N–H and O–H groups in total. The summed E-state index contributed by atoms with van der Waals surface area (Å²) in [5.74, 6) is 0.817. The van der Waals surface area contributed by atoms with Gasteiger partial charge in [-0.25, -0.2) is 9.97 Å². The van der Waals surface area contributed by atoms with Crippen LogP contribution in [0, 0.1) is 6.92 Å². The summed E-state index contributed by atoms with van der Waals surface area (Å²) in [5.41, 5.74) is 2.70. The van der Waals surface area contributed by atoms with Gasteiger partial charge in [-0.2, -0.15) is 5.10 Å². The van der Waals surface area contributed by atoms with Crippen LogP contribution in [0.4, 0.5) is 5.82 Å².